The number of hydrogen-bond donors (Lipinski definition) is 1. The maximum atomic E-state index is 13.0. The van der Waals surface area contributed by atoms with E-state index in [2.05, 4.69) is 0 Å². The van der Waals surface area contributed by atoms with Crippen LogP contribution in [0.4, 0.5) is 0 Å². The molecule has 144 valence electrons. The molecule has 1 aliphatic rings. The van der Waals surface area contributed by atoms with E-state index >= 15 is 0 Å². The van der Waals surface area contributed by atoms with E-state index in [1.807, 2.05) is 0 Å². The van der Waals surface area contributed by atoms with Gasteiger partial charge in [-0.25, -0.2) is 4.79 Å². The van der Waals surface area contributed by atoms with Crippen molar-refractivity contribution in [3.8, 4) is 17.4 Å². The average Bonchev–Trinajstić information content (AvgIpc) is 2.98. The van der Waals surface area contributed by atoms with Crippen molar-refractivity contribution in [2.75, 3.05) is 14.2 Å². The van der Waals surface area contributed by atoms with Gasteiger partial charge in [0.25, 0.3) is 5.56 Å². The SMILES string of the molecule is CCn1c(O)c([C@H]2OC(=O)c3c2ccc(OC)c3OC)c(=O)n(CC)c1=S. The van der Waals surface area contributed by atoms with Crippen LogP contribution in [0.5, 0.6) is 17.4 Å². The Bertz CT molecular complexity index is 1040. The molecule has 0 radical (unpaired) electrons. The van der Waals surface area contributed by atoms with Gasteiger partial charge < -0.3 is 19.3 Å². The molecule has 8 nitrogen and oxygen atoms in total. The van der Waals surface area contributed by atoms with E-state index in [0.29, 0.717) is 24.4 Å². The Kier molecular flexibility index (Phi) is 4.97. The molecule has 2 heterocycles. The van der Waals surface area contributed by atoms with Crippen molar-refractivity contribution in [1.29, 1.82) is 0 Å². The molecular formula is C18H20N2O6S. The number of aromatic hydroxyl groups is 1. The van der Waals surface area contributed by atoms with E-state index in [-0.39, 0.29) is 27.5 Å². The Morgan fingerprint density at radius 1 is 1.15 bits per heavy atom. The van der Waals surface area contributed by atoms with Gasteiger partial charge in [0.1, 0.15) is 11.1 Å². The van der Waals surface area contributed by atoms with Crippen molar-refractivity contribution < 1.29 is 24.1 Å². The maximum Gasteiger partial charge on any atom is 0.343 e. The standard InChI is InChI=1S/C18H20N2O6S/c1-5-19-15(21)12(16(22)20(6-2)18(19)27)13-9-7-8-10(24-3)14(25-4)11(9)17(23)26-13/h7-8,13,21H,5-6H2,1-4H3/t13-/m0/s1. The van der Waals surface area contributed by atoms with E-state index in [1.54, 1.807) is 26.0 Å². The molecule has 0 aliphatic carbocycles. The Hall–Kier alpha value is -2.81. The highest BCUT2D eigenvalue weighted by atomic mass is 32.1. The normalized spacial score (nSPS) is 15.4. The van der Waals surface area contributed by atoms with Crippen molar-refractivity contribution in [3.63, 3.8) is 0 Å². The predicted octanol–water partition coefficient (Wildman–Crippen LogP) is 2.40. The molecule has 9 heteroatoms. The number of methoxy groups -OCH3 is 2. The van der Waals surface area contributed by atoms with Crippen LogP contribution in [0.3, 0.4) is 0 Å². The number of esters is 1. The van der Waals surface area contributed by atoms with Crippen LogP contribution in [-0.2, 0) is 17.8 Å². The zero-order chi connectivity index (χ0) is 19.9. The van der Waals surface area contributed by atoms with Crippen LogP contribution in [0.1, 0.15) is 41.4 Å². The first-order valence-electron chi connectivity index (χ1n) is 8.43. The monoisotopic (exact) mass is 392 g/mol. The van der Waals surface area contributed by atoms with Gasteiger partial charge in [-0.3, -0.25) is 13.9 Å². The van der Waals surface area contributed by atoms with Crippen molar-refractivity contribution in [2.45, 2.75) is 33.0 Å². The lowest BCUT2D eigenvalue weighted by Gasteiger charge is -2.19. The summed E-state index contributed by atoms with van der Waals surface area (Å²) in [6.45, 7) is 4.26. The number of fused-ring (bicyclic) bond motifs is 1. The molecule has 1 N–H and O–H groups in total. The molecule has 0 amide bonds. The molecule has 2 aromatic rings. The number of ether oxygens (including phenoxy) is 3. The van der Waals surface area contributed by atoms with Crippen molar-refractivity contribution in [3.05, 3.63) is 43.9 Å². The number of cyclic esters (lactones) is 1. The third kappa shape index (κ3) is 2.69. The molecule has 0 saturated carbocycles. The summed E-state index contributed by atoms with van der Waals surface area (Å²) in [6, 6.07) is 3.25. The van der Waals surface area contributed by atoms with Crippen LogP contribution in [0.15, 0.2) is 16.9 Å². The second-order valence-electron chi connectivity index (χ2n) is 5.86. The van der Waals surface area contributed by atoms with Gasteiger partial charge in [0.15, 0.2) is 22.4 Å². The summed E-state index contributed by atoms with van der Waals surface area (Å²) in [5.41, 5.74) is 0.0680. The number of carbonyl (C=O) groups is 1. The highest BCUT2D eigenvalue weighted by molar-refractivity contribution is 7.71. The van der Waals surface area contributed by atoms with Gasteiger partial charge in [0, 0.05) is 18.7 Å². The van der Waals surface area contributed by atoms with Crippen LogP contribution < -0.4 is 15.0 Å². The Morgan fingerprint density at radius 3 is 2.37 bits per heavy atom. The first-order chi connectivity index (χ1) is 12.9. The molecule has 0 spiro atoms. The first-order valence-corrected chi connectivity index (χ1v) is 8.84. The van der Waals surface area contributed by atoms with Gasteiger partial charge in [-0.05, 0) is 32.1 Å². The zero-order valence-electron chi connectivity index (χ0n) is 15.4. The third-order valence-electron chi connectivity index (χ3n) is 4.62. The minimum atomic E-state index is -1.06. The van der Waals surface area contributed by atoms with Crippen molar-refractivity contribution in [1.82, 2.24) is 9.13 Å². The van der Waals surface area contributed by atoms with Crippen LogP contribution >= 0.6 is 12.2 Å². The summed E-state index contributed by atoms with van der Waals surface area (Å²) in [5, 5.41) is 10.7. The number of benzene rings is 1. The summed E-state index contributed by atoms with van der Waals surface area (Å²) in [7, 11) is 2.87. The van der Waals surface area contributed by atoms with Gasteiger partial charge in [-0.15, -0.1) is 0 Å². The van der Waals surface area contributed by atoms with E-state index < -0.39 is 17.6 Å². The number of nitrogens with zero attached hydrogens (tertiary/aromatic N) is 2. The van der Waals surface area contributed by atoms with Crippen LogP contribution in [0, 0.1) is 4.77 Å². The van der Waals surface area contributed by atoms with Crippen LogP contribution in [-0.4, -0.2) is 34.4 Å². The quantitative estimate of drug-likeness (QED) is 0.617. The summed E-state index contributed by atoms with van der Waals surface area (Å²) < 4.78 is 19.0. The molecule has 27 heavy (non-hydrogen) atoms. The molecule has 1 atom stereocenters. The number of carbonyl (C=O) groups excluding carboxylic acids is 1. The average molecular weight is 392 g/mol. The topological polar surface area (TPSA) is 91.9 Å². The summed E-state index contributed by atoms with van der Waals surface area (Å²) in [5.74, 6) is -0.370. The number of aromatic nitrogens is 2. The van der Waals surface area contributed by atoms with Crippen molar-refractivity contribution in [2.24, 2.45) is 0 Å². The van der Waals surface area contributed by atoms with Gasteiger partial charge in [0.05, 0.1) is 14.2 Å². The predicted molar refractivity (Wildman–Crippen MR) is 99.3 cm³/mol. The van der Waals surface area contributed by atoms with Crippen LogP contribution in [0.2, 0.25) is 0 Å². The minimum absolute atomic E-state index is 0.0355. The lowest BCUT2D eigenvalue weighted by molar-refractivity contribution is 0.0445. The van der Waals surface area contributed by atoms with E-state index in [1.165, 1.54) is 23.4 Å². The highest BCUT2D eigenvalue weighted by Gasteiger charge is 2.40. The Labute approximate surface area is 160 Å². The largest absolute Gasteiger partial charge is 0.494 e. The van der Waals surface area contributed by atoms with E-state index in [0.717, 1.165) is 0 Å². The zero-order valence-corrected chi connectivity index (χ0v) is 16.3. The second kappa shape index (κ2) is 7.07. The molecule has 0 bridgehead atoms. The molecule has 0 fully saturated rings. The summed E-state index contributed by atoms with van der Waals surface area (Å²) >= 11 is 5.29. The molecule has 0 unspecified atom stereocenters. The van der Waals surface area contributed by atoms with Gasteiger partial charge in [-0.1, -0.05) is 6.07 Å². The lowest BCUT2D eigenvalue weighted by atomic mass is 9.99. The molecule has 1 aromatic carbocycles. The highest BCUT2D eigenvalue weighted by Crippen LogP contribution is 2.45. The van der Waals surface area contributed by atoms with Gasteiger partial charge in [-0.2, -0.15) is 0 Å². The maximum absolute atomic E-state index is 13.0. The van der Waals surface area contributed by atoms with E-state index in [9.17, 15) is 14.7 Å². The summed E-state index contributed by atoms with van der Waals surface area (Å²) in [4.78, 5) is 25.5. The lowest BCUT2D eigenvalue weighted by Crippen LogP contribution is -2.30. The fraction of sp³-hybridized carbons (Fsp3) is 0.389. The van der Waals surface area contributed by atoms with E-state index in [4.69, 9.17) is 26.4 Å². The van der Waals surface area contributed by atoms with Crippen LogP contribution in [0.25, 0.3) is 0 Å². The van der Waals surface area contributed by atoms with Crippen molar-refractivity contribution >= 4 is 18.2 Å². The molecule has 1 aromatic heterocycles. The van der Waals surface area contributed by atoms with Gasteiger partial charge >= 0.3 is 5.97 Å². The fourth-order valence-electron chi connectivity index (χ4n) is 3.32. The van der Waals surface area contributed by atoms with Gasteiger partial charge in [0.2, 0.25) is 5.88 Å². The molecular weight excluding hydrogens is 372 g/mol. The second-order valence-corrected chi connectivity index (χ2v) is 6.23. The number of hydrogen-bond acceptors (Lipinski definition) is 7. The first kappa shape index (κ1) is 19.0. The Morgan fingerprint density at radius 2 is 1.81 bits per heavy atom. The molecule has 1 aliphatic heterocycles. The summed E-state index contributed by atoms with van der Waals surface area (Å²) in [6.07, 6.45) is -1.06. The molecule has 3 rings (SSSR count). The Balaban J connectivity index is 2.33. The smallest absolute Gasteiger partial charge is 0.343 e. The molecule has 0 saturated heterocycles. The third-order valence-corrected chi connectivity index (χ3v) is 5.06. The minimum Gasteiger partial charge on any atom is -0.494 e. The fourth-order valence-corrected chi connectivity index (χ4v) is 3.75. The number of rotatable bonds is 5.